The van der Waals surface area contributed by atoms with Gasteiger partial charge in [0.1, 0.15) is 5.82 Å². The number of anilines is 1. The van der Waals surface area contributed by atoms with E-state index in [1.54, 1.807) is 12.1 Å². The summed E-state index contributed by atoms with van der Waals surface area (Å²) in [6, 6.07) is 14.8. The highest BCUT2D eigenvalue weighted by atomic mass is 19.1. The third-order valence-electron chi connectivity index (χ3n) is 5.00. The van der Waals surface area contributed by atoms with Crippen molar-refractivity contribution in [3.05, 3.63) is 65.5 Å². The summed E-state index contributed by atoms with van der Waals surface area (Å²) in [5.74, 6) is 0.521. The number of carbonyl (C=O) groups excluding carboxylic acids is 1. The highest BCUT2D eigenvalue weighted by molar-refractivity contribution is 5.76. The van der Waals surface area contributed by atoms with Crippen molar-refractivity contribution in [2.45, 2.75) is 39.2 Å². The van der Waals surface area contributed by atoms with Crippen molar-refractivity contribution < 1.29 is 9.18 Å². The van der Waals surface area contributed by atoms with Crippen LogP contribution in [0.5, 0.6) is 0 Å². The molecule has 1 atom stereocenters. The van der Waals surface area contributed by atoms with Crippen molar-refractivity contribution >= 4 is 11.6 Å². The third kappa shape index (κ3) is 5.32. The Hall–Kier alpha value is -2.36. The fraction of sp³-hybridized carbons (Fsp3) is 0.409. The molecule has 0 aromatic heterocycles. The molecule has 138 valence electrons. The van der Waals surface area contributed by atoms with Crippen LogP contribution in [0.1, 0.15) is 37.3 Å². The Morgan fingerprint density at radius 2 is 1.81 bits per heavy atom. The van der Waals surface area contributed by atoms with Gasteiger partial charge in [-0.3, -0.25) is 4.79 Å². The zero-order valence-corrected chi connectivity index (χ0v) is 15.4. The molecule has 1 amide bonds. The molecule has 2 aromatic carbocycles. The highest BCUT2D eigenvalue weighted by Gasteiger charge is 2.16. The summed E-state index contributed by atoms with van der Waals surface area (Å²) < 4.78 is 12.9. The maximum atomic E-state index is 12.9. The molecule has 0 saturated carbocycles. The van der Waals surface area contributed by atoms with Crippen molar-refractivity contribution in [1.29, 1.82) is 0 Å². The SMILES string of the molecule is C[C@@H]1CCCN(c2ccc(CNC(=O)CCc3ccc(F)cc3)cc2)C1. The first-order valence-electron chi connectivity index (χ1n) is 9.45. The number of hydrogen-bond donors (Lipinski definition) is 1. The van der Waals surface area contributed by atoms with Crippen molar-refractivity contribution in [2.24, 2.45) is 5.92 Å². The van der Waals surface area contributed by atoms with Crippen molar-refractivity contribution in [2.75, 3.05) is 18.0 Å². The van der Waals surface area contributed by atoms with E-state index in [0.29, 0.717) is 19.4 Å². The van der Waals surface area contributed by atoms with Crippen LogP contribution in [-0.2, 0) is 17.8 Å². The second-order valence-electron chi connectivity index (χ2n) is 7.26. The van der Waals surface area contributed by atoms with Gasteiger partial charge in [0.15, 0.2) is 0 Å². The van der Waals surface area contributed by atoms with Gasteiger partial charge in [-0.1, -0.05) is 31.2 Å². The van der Waals surface area contributed by atoms with Gasteiger partial charge >= 0.3 is 0 Å². The normalized spacial score (nSPS) is 17.2. The largest absolute Gasteiger partial charge is 0.371 e. The molecule has 1 N–H and O–H groups in total. The van der Waals surface area contributed by atoms with Crippen LogP contribution in [0.4, 0.5) is 10.1 Å². The number of halogens is 1. The molecule has 1 aliphatic rings. The molecule has 0 bridgehead atoms. The molecule has 4 heteroatoms. The standard InChI is InChI=1S/C22H27FN2O/c1-17-3-2-14-25(16-17)21-11-6-19(7-12-21)15-24-22(26)13-8-18-4-9-20(23)10-5-18/h4-7,9-12,17H,2-3,8,13-16H2,1H3,(H,24,26)/t17-/m1/s1. The Morgan fingerprint density at radius 3 is 2.50 bits per heavy atom. The van der Waals surface area contributed by atoms with Crippen molar-refractivity contribution in [3.8, 4) is 0 Å². The summed E-state index contributed by atoms with van der Waals surface area (Å²) in [6.07, 6.45) is 3.61. The van der Waals surface area contributed by atoms with Gasteiger partial charge in [-0.25, -0.2) is 4.39 Å². The molecule has 3 nitrogen and oxygen atoms in total. The molecule has 1 fully saturated rings. The maximum absolute atomic E-state index is 12.9. The van der Waals surface area contributed by atoms with Gasteiger partial charge in [0, 0.05) is 31.7 Å². The van der Waals surface area contributed by atoms with Gasteiger partial charge in [0.25, 0.3) is 0 Å². The molecular formula is C22H27FN2O. The maximum Gasteiger partial charge on any atom is 0.220 e. The lowest BCUT2D eigenvalue weighted by molar-refractivity contribution is -0.121. The highest BCUT2D eigenvalue weighted by Crippen LogP contribution is 2.23. The predicted octanol–water partition coefficient (Wildman–Crippen LogP) is 4.31. The van der Waals surface area contributed by atoms with E-state index in [1.807, 2.05) is 0 Å². The lowest BCUT2D eigenvalue weighted by Gasteiger charge is -2.32. The van der Waals surface area contributed by atoms with Gasteiger partial charge in [0.05, 0.1) is 0 Å². The summed E-state index contributed by atoms with van der Waals surface area (Å²) in [7, 11) is 0. The number of carbonyl (C=O) groups is 1. The summed E-state index contributed by atoms with van der Waals surface area (Å²) >= 11 is 0. The minimum Gasteiger partial charge on any atom is -0.371 e. The fourth-order valence-electron chi connectivity index (χ4n) is 3.45. The Labute approximate surface area is 155 Å². The molecule has 3 rings (SSSR count). The molecule has 2 aromatic rings. The lowest BCUT2D eigenvalue weighted by Crippen LogP contribution is -2.34. The Kier molecular flexibility index (Phi) is 6.26. The van der Waals surface area contributed by atoms with Crippen LogP contribution < -0.4 is 10.2 Å². The average molecular weight is 354 g/mol. The van der Waals surface area contributed by atoms with Crippen LogP contribution >= 0.6 is 0 Å². The lowest BCUT2D eigenvalue weighted by atomic mass is 9.99. The average Bonchev–Trinajstić information content (AvgIpc) is 2.66. The van der Waals surface area contributed by atoms with Crippen LogP contribution in [0, 0.1) is 11.7 Å². The Morgan fingerprint density at radius 1 is 1.12 bits per heavy atom. The molecule has 0 unspecified atom stereocenters. The summed E-state index contributed by atoms with van der Waals surface area (Å²) in [5, 5.41) is 2.96. The van der Waals surface area contributed by atoms with E-state index >= 15 is 0 Å². The molecule has 0 radical (unpaired) electrons. The molecule has 0 spiro atoms. The van der Waals surface area contributed by atoms with E-state index in [-0.39, 0.29) is 11.7 Å². The number of hydrogen-bond acceptors (Lipinski definition) is 2. The van der Waals surface area contributed by atoms with Gasteiger partial charge in [0.2, 0.25) is 5.91 Å². The zero-order valence-electron chi connectivity index (χ0n) is 15.4. The molecule has 26 heavy (non-hydrogen) atoms. The van der Waals surface area contributed by atoms with Crippen LogP contribution in [0.15, 0.2) is 48.5 Å². The first-order valence-corrected chi connectivity index (χ1v) is 9.45. The van der Waals surface area contributed by atoms with Crippen LogP contribution in [0.25, 0.3) is 0 Å². The topological polar surface area (TPSA) is 32.3 Å². The van der Waals surface area contributed by atoms with E-state index in [9.17, 15) is 9.18 Å². The van der Waals surface area contributed by atoms with E-state index in [1.165, 1.54) is 30.7 Å². The van der Waals surface area contributed by atoms with Gasteiger partial charge in [-0.05, 0) is 60.6 Å². The number of amides is 1. The van der Waals surface area contributed by atoms with Crippen molar-refractivity contribution in [1.82, 2.24) is 5.32 Å². The molecular weight excluding hydrogens is 327 g/mol. The van der Waals surface area contributed by atoms with Gasteiger partial charge < -0.3 is 10.2 Å². The van der Waals surface area contributed by atoms with E-state index < -0.39 is 0 Å². The Balaban J connectivity index is 1.44. The number of rotatable bonds is 6. The Bertz CT molecular complexity index is 712. The number of nitrogens with one attached hydrogen (secondary N) is 1. The monoisotopic (exact) mass is 354 g/mol. The predicted molar refractivity (Wildman–Crippen MR) is 104 cm³/mol. The number of piperidine rings is 1. The second-order valence-corrected chi connectivity index (χ2v) is 7.26. The van der Waals surface area contributed by atoms with E-state index in [2.05, 4.69) is 41.4 Å². The molecule has 1 saturated heterocycles. The fourth-order valence-corrected chi connectivity index (χ4v) is 3.45. The van der Waals surface area contributed by atoms with E-state index in [0.717, 1.165) is 30.1 Å². The summed E-state index contributed by atoms with van der Waals surface area (Å²) in [5.41, 5.74) is 3.35. The minimum atomic E-state index is -0.249. The van der Waals surface area contributed by atoms with E-state index in [4.69, 9.17) is 0 Å². The van der Waals surface area contributed by atoms with Gasteiger partial charge in [-0.15, -0.1) is 0 Å². The number of nitrogens with zero attached hydrogens (tertiary/aromatic N) is 1. The molecule has 1 heterocycles. The molecule has 1 aliphatic heterocycles. The number of benzene rings is 2. The van der Waals surface area contributed by atoms with Crippen LogP contribution in [-0.4, -0.2) is 19.0 Å². The zero-order chi connectivity index (χ0) is 18.4. The van der Waals surface area contributed by atoms with Gasteiger partial charge in [-0.2, -0.15) is 0 Å². The minimum absolute atomic E-state index is 0.0169. The van der Waals surface area contributed by atoms with Crippen LogP contribution in [0.3, 0.4) is 0 Å². The third-order valence-corrected chi connectivity index (χ3v) is 5.00. The summed E-state index contributed by atoms with van der Waals surface area (Å²) in [6.45, 7) is 5.10. The first-order chi connectivity index (χ1) is 12.6. The second kappa shape index (κ2) is 8.84. The van der Waals surface area contributed by atoms with Crippen molar-refractivity contribution in [3.63, 3.8) is 0 Å². The first kappa shape index (κ1) is 18.4. The van der Waals surface area contributed by atoms with Crippen LogP contribution in [0.2, 0.25) is 0 Å². The smallest absolute Gasteiger partial charge is 0.220 e. The quantitative estimate of drug-likeness (QED) is 0.838. The molecule has 0 aliphatic carbocycles. The number of aryl methyl sites for hydroxylation is 1. The summed E-state index contributed by atoms with van der Waals surface area (Å²) in [4.78, 5) is 14.5.